The molecule has 0 saturated heterocycles. The lowest BCUT2D eigenvalue weighted by Gasteiger charge is -2.23. The van der Waals surface area contributed by atoms with Gasteiger partial charge in [-0.3, -0.25) is 9.98 Å². The van der Waals surface area contributed by atoms with Crippen LogP contribution in [0.3, 0.4) is 0 Å². The molecule has 0 radical (unpaired) electrons. The minimum atomic E-state index is 0.616. The predicted octanol–water partition coefficient (Wildman–Crippen LogP) is 11.8. The largest absolute Gasteiger partial charge is 0.355 e. The zero-order chi connectivity index (χ0) is 36.4. The van der Waals surface area contributed by atoms with Gasteiger partial charge >= 0.3 is 0 Å². The summed E-state index contributed by atoms with van der Waals surface area (Å²) in [6.07, 6.45) is 3.75. The molecule has 0 bridgehead atoms. The molecule has 53 heavy (non-hydrogen) atoms. The molecule has 258 valence electrons. The SMILES string of the molecule is C=NC.CN(Cc1cc(-c2cccc(-c3cccnc3)c2)cc(-c2cc3ccccc3c3ccccc23)c1)C(=NCc1ccccc1)c1ccccc1. The number of benzene rings is 7. The van der Waals surface area contributed by atoms with Gasteiger partial charge in [-0.05, 0) is 104 Å². The van der Waals surface area contributed by atoms with Crippen molar-refractivity contribution in [1.29, 1.82) is 0 Å². The number of nitrogens with zero attached hydrogens (tertiary/aromatic N) is 4. The van der Waals surface area contributed by atoms with Crippen LogP contribution in [-0.2, 0) is 13.1 Å². The van der Waals surface area contributed by atoms with Gasteiger partial charge < -0.3 is 9.89 Å². The maximum Gasteiger partial charge on any atom is 0.131 e. The normalized spacial score (nSPS) is 11.2. The number of aromatic nitrogens is 1. The molecule has 0 N–H and O–H groups in total. The van der Waals surface area contributed by atoms with Gasteiger partial charge in [-0.2, -0.15) is 0 Å². The van der Waals surface area contributed by atoms with Crippen molar-refractivity contribution >= 4 is 34.1 Å². The van der Waals surface area contributed by atoms with E-state index in [-0.39, 0.29) is 0 Å². The lowest BCUT2D eigenvalue weighted by molar-refractivity contribution is 0.499. The maximum absolute atomic E-state index is 5.18. The van der Waals surface area contributed by atoms with E-state index in [2.05, 4.69) is 186 Å². The first-order valence-corrected chi connectivity index (χ1v) is 17.9. The van der Waals surface area contributed by atoms with Crippen molar-refractivity contribution in [3.8, 4) is 33.4 Å². The van der Waals surface area contributed by atoms with Crippen LogP contribution in [0.1, 0.15) is 16.7 Å². The summed E-state index contributed by atoms with van der Waals surface area (Å²) in [4.78, 5) is 15.1. The first-order valence-electron chi connectivity index (χ1n) is 17.9. The van der Waals surface area contributed by atoms with Gasteiger partial charge in [0.1, 0.15) is 5.84 Å². The van der Waals surface area contributed by atoms with Crippen molar-refractivity contribution < 1.29 is 0 Å². The van der Waals surface area contributed by atoms with Gasteiger partial charge in [0.2, 0.25) is 0 Å². The Morgan fingerprint density at radius 3 is 1.91 bits per heavy atom. The Morgan fingerprint density at radius 2 is 1.17 bits per heavy atom. The topological polar surface area (TPSA) is 40.9 Å². The number of hydrogen-bond donors (Lipinski definition) is 0. The molecule has 0 atom stereocenters. The average Bonchev–Trinajstić information content (AvgIpc) is 3.22. The summed E-state index contributed by atoms with van der Waals surface area (Å²) < 4.78 is 0. The van der Waals surface area contributed by atoms with E-state index in [1.165, 1.54) is 54.9 Å². The molecule has 4 nitrogen and oxygen atoms in total. The maximum atomic E-state index is 5.18. The lowest BCUT2D eigenvalue weighted by atomic mass is 9.90. The number of rotatable bonds is 8. The van der Waals surface area contributed by atoms with E-state index in [0.717, 1.165) is 22.5 Å². The monoisotopic (exact) mass is 686 g/mol. The van der Waals surface area contributed by atoms with Crippen LogP contribution in [0, 0.1) is 0 Å². The fraction of sp³-hybridized carbons (Fsp3) is 0.0816. The highest BCUT2D eigenvalue weighted by Gasteiger charge is 2.15. The molecular weight excluding hydrogens is 645 g/mol. The van der Waals surface area contributed by atoms with Gasteiger partial charge in [0, 0.05) is 44.2 Å². The van der Waals surface area contributed by atoms with Gasteiger partial charge in [0.15, 0.2) is 0 Å². The molecule has 8 rings (SSSR count). The van der Waals surface area contributed by atoms with Crippen LogP contribution >= 0.6 is 0 Å². The Bertz CT molecular complexity index is 2490. The summed E-state index contributed by atoms with van der Waals surface area (Å²) in [5.41, 5.74) is 10.5. The predicted molar refractivity (Wildman–Crippen MR) is 226 cm³/mol. The first-order chi connectivity index (χ1) is 26.1. The Labute approximate surface area is 312 Å². The Balaban J connectivity index is 0.00000140. The van der Waals surface area contributed by atoms with E-state index in [0.29, 0.717) is 13.1 Å². The third kappa shape index (κ3) is 8.14. The summed E-state index contributed by atoms with van der Waals surface area (Å²) in [5, 5.41) is 5.03. The second kappa shape index (κ2) is 16.6. The zero-order valence-electron chi connectivity index (χ0n) is 30.2. The van der Waals surface area contributed by atoms with Crippen LogP contribution < -0.4 is 0 Å². The molecule has 1 heterocycles. The van der Waals surface area contributed by atoms with Crippen molar-refractivity contribution in [2.24, 2.45) is 9.98 Å². The fourth-order valence-electron chi connectivity index (χ4n) is 6.93. The summed E-state index contributed by atoms with van der Waals surface area (Å²) >= 11 is 0. The standard InChI is InChI=1S/C47H37N3.C2H5N/c1-50(47(36-16-6-3-7-17-36)49-31-34-14-4-2-5-15-34)33-35-26-41(38-20-12-19-37(28-38)40-21-13-25-48-32-40)29-42(27-35)46-30-39-18-8-9-22-43(39)44-23-10-11-24-45(44)46;1-3-2/h2-30,32H,31,33H2,1H3;1H2,2H3. The lowest BCUT2D eigenvalue weighted by Crippen LogP contribution is -2.27. The summed E-state index contributed by atoms with van der Waals surface area (Å²) in [6.45, 7) is 4.42. The Kier molecular flexibility index (Phi) is 10.9. The van der Waals surface area contributed by atoms with E-state index in [1.54, 1.807) is 7.05 Å². The van der Waals surface area contributed by atoms with Crippen molar-refractivity contribution in [2.75, 3.05) is 14.1 Å². The molecule has 8 aromatic rings. The minimum Gasteiger partial charge on any atom is -0.355 e. The molecule has 0 aliphatic carbocycles. The third-order valence-corrected chi connectivity index (χ3v) is 9.33. The third-order valence-electron chi connectivity index (χ3n) is 9.33. The highest BCUT2D eigenvalue weighted by molar-refractivity contribution is 6.14. The number of fused-ring (bicyclic) bond motifs is 3. The molecular formula is C49H42N4. The van der Waals surface area contributed by atoms with Gasteiger partial charge in [-0.1, -0.05) is 133 Å². The second-order valence-electron chi connectivity index (χ2n) is 13.1. The van der Waals surface area contributed by atoms with Crippen LogP contribution in [0.5, 0.6) is 0 Å². The second-order valence-corrected chi connectivity index (χ2v) is 13.1. The molecule has 0 unspecified atom stereocenters. The molecule has 1 aromatic heterocycles. The van der Waals surface area contributed by atoms with Crippen LogP contribution in [0.15, 0.2) is 192 Å². The molecule has 0 fully saturated rings. The van der Waals surface area contributed by atoms with Crippen molar-refractivity contribution in [1.82, 2.24) is 9.88 Å². The van der Waals surface area contributed by atoms with Crippen LogP contribution in [0.2, 0.25) is 0 Å². The van der Waals surface area contributed by atoms with Gasteiger partial charge in [0.25, 0.3) is 0 Å². The Morgan fingerprint density at radius 1 is 0.566 bits per heavy atom. The quantitative estimate of drug-likeness (QED) is 0.0907. The molecule has 0 amide bonds. The molecule has 4 heteroatoms. The number of aliphatic imine (C=N–C) groups is 2. The molecule has 0 spiro atoms. The first kappa shape index (κ1) is 34.8. The molecule has 7 aromatic carbocycles. The molecule has 0 aliphatic rings. The summed E-state index contributed by atoms with van der Waals surface area (Å²) in [7, 11) is 3.79. The minimum absolute atomic E-state index is 0.616. The van der Waals surface area contributed by atoms with E-state index < -0.39 is 0 Å². The number of pyridine rings is 1. The summed E-state index contributed by atoms with van der Waals surface area (Å²) in [6, 6.07) is 60.8. The van der Waals surface area contributed by atoms with Crippen LogP contribution in [0.25, 0.3) is 54.9 Å². The highest BCUT2D eigenvalue weighted by atomic mass is 15.2. The fourth-order valence-corrected chi connectivity index (χ4v) is 6.93. The molecule has 0 aliphatic heterocycles. The van der Waals surface area contributed by atoms with E-state index in [9.17, 15) is 0 Å². The van der Waals surface area contributed by atoms with E-state index >= 15 is 0 Å². The Hall–Kier alpha value is -6.65. The van der Waals surface area contributed by atoms with Crippen LogP contribution in [-0.4, -0.2) is 36.5 Å². The van der Waals surface area contributed by atoms with Gasteiger partial charge in [0.05, 0.1) is 6.54 Å². The number of hydrogen-bond acceptors (Lipinski definition) is 3. The smallest absolute Gasteiger partial charge is 0.131 e. The highest BCUT2D eigenvalue weighted by Crippen LogP contribution is 2.38. The van der Waals surface area contributed by atoms with Crippen LogP contribution in [0.4, 0.5) is 0 Å². The molecule has 0 saturated carbocycles. The zero-order valence-corrected chi connectivity index (χ0v) is 30.2. The van der Waals surface area contributed by atoms with E-state index in [4.69, 9.17) is 4.99 Å². The average molecular weight is 687 g/mol. The van der Waals surface area contributed by atoms with Crippen molar-refractivity contribution in [3.63, 3.8) is 0 Å². The van der Waals surface area contributed by atoms with Crippen molar-refractivity contribution in [2.45, 2.75) is 13.1 Å². The van der Waals surface area contributed by atoms with Gasteiger partial charge in [-0.15, -0.1) is 0 Å². The van der Waals surface area contributed by atoms with E-state index in [1.807, 2.05) is 24.5 Å². The number of amidine groups is 1. The van der Waals surface area contributed by atoms with Gasteiger partial charge in [-0.25, -0.2) is 0 Å². The van der Waals surface area contributed by atoms with Crippen molar-refractivity contribution in [3.05, 3.63) is 199 Å². The summed E-state index contributed by atoms with van der Waals surface area (Å²) in [5.74, 6) is 0.969.